The van der Waals surface area contributed by atoms with E-state index >= 15 is 0 Å². The van der Waals surface area contributed by atoms with Gasteiger partial charge in [0.2, 0.25) is 0 Å². The number of aliphatic carboxylic acids is 1. The van der Waals surface area contributed by atoms with Crippen molar-refractivity contribution in [3.05, 3.63) is 29.3 Å². The van der Waals surface area contributed by atoms with Crippen LogP contribution in [0.25, 0.3) is 0 Å². The molecule has 0 heterocycles. The van der Waals surface area contributed by atoms with Crippen molar-refractivity contribution >= 4 is 11.8 Å². The van der Waals surface area contributed by atoms with E-state index in [2.05, 4.69) is 6.92 Å². The summed E-state index contributed by atoms with van der Waals surface area (Å²) >= 11 is 0. The number of rotatable bonds is 16. The summed E-state index contributed by atoms with van der Waals surface area (Å²) in [5.74, 6) is -21.7. The second kappa shape index (κ2) is 14.6. The fourth-order valence-corrected chi connectivity index (χ4v) is 8.86. The molecule has 3 N–H and O–H groups in total. The van der Waals surface area contributed by atoms with E-state index in [4.69, 9.17) is 0 Å². The number of carboxylic acid groups (broad SMARTS) is 1. The average Bonchev–Trinajstić information content (AvgIpc) is 3.31. The second-order valence-electron chi connectivity index (χ2n) is 14.6. The highest BCUT2D eigenvalue weighted by Crippen LogP contribution is 2.63. The lowest BCUT2D eigenvalue weighted by Crippen LogP contribution is -2.60. The van der Waals surface area contributed by atoms with E-state index in [1.165, 1.54) is 0 Å². The lowest BCUT2D eigenvalue weighted by Gasteiger charge is -2.52. The van der Waals surface area contributed by atoms with Gasteiger partial charge < -0.3 is 15.3 Å². The molecule has 278 valence electrons. The molecule has 2 saturated carbocycles. The third-order valence-electron chi connectivity index (χ3n) is 11.7. The number of alkyl halides is 9. The van der Waals surface area contributed by atoms with Crippen molar-refractivity contribution in [1.29, 1.82) is 0 Å². The monoisotopic (exact) mass is 716 g/mol. The van der Waals surface area contributed by atoms with Crippen molar-refractivity contribution < 1.29 is 64.4 Å². The molecule has 0 aromatic heterocycles. The number of aliphatic hydroxyl groups is 1. The van der Waals surface area contributed by atoms with Crippen molar-refractivity contribution in [2.24, 2.45) is 29.1 Å². The summed E-state index contributed by atoms with van der Waals surface area (Å²) in [6.45, 7) is 2.13. The Labute approximate surface area is 279 Å². The number of fused-ring (bicyclic) bond motifs is 5. The molecule has 7 atom stereocenters. The van der Waals surface area contributed by atoms with Crippen LogP contribution in [0, 0.1) is 29.1 Å². The minimum atomic E-state index is -6.96. The number of unbranched alkanes of at least 4 members (excludes halogenated alkanes) is 5. The van der Waals surface area contributed by atoms with E-state index in [0.717, 1.165) is 44.1 Å². The van der Waals surface area contributed by atoms with Gasteiger partial charge in [0.25, 0.3) is 0 Å². The van der Waals surface area contributed by atoms with Gasteiger partial charge in [0.1, 0.15) is 5.75 Å². The van der Waals surface area contributed by atoms with Gasteiger partial charge in [-0.3, -0.25) is 9.59 Å². The van der Waals surface area contributed by atoms with Gasteiger partial charge in [-0.2, -0.15) is 39.5 Å². The van der Waals surface area contributed by atoms with Crippen LogP contribution in [0.1, 0.15) is 125 Å². The maximum atomic E-state index is 13.8. The van der Waals surface area contributed by atoms with Gasteiger partial charge in [-0.25, -0.2) is 0 Å². The van der Waals surface area contributed by atoms with Crippen molar-refractivity contribution in [1.82, 2.24) is 0 Å². The van der Waals surface area contributed by atoms with Crippen molar-refractivity contribution in [2.45, 2.75) is 139 Å². The summed E-state index contributed by atoms with van der Waals surface area (Å²) in [6, 6.07) is 5.02. The van der Waals surface area contributed by atoms with Gasteiger partial charge in [0.15, 0.2) is 5.78 Å². The molecule has 0 spiro atoms. The number of carbonyl (C=O) groups is 2. The predicted octanol–water partition coefficient (Wildman–Crippen LogP) is 9.94. The van der Waals surface area contributed by atoms with Crippen LogP contribution in [0.2, 0.25) is 0 Å². The van der Waals surface area contributed by atoms with Gasteiger partial charge in [0, 0.05) is 17.9 Å². The first-order valence-electron chi connectivity index (χ1n) is 17.2. The van der Waals surface area contributed by atoms with Crippen LogP contribution in [-0.2, 0) is 4.79 Å². The summed E-state index contributed by atoms with van der Waals surface area (Å²) in [6.07, 6.45) is -3.07. The smallest absolute Gasteiger partial charge is 0.460 e. The van der Waals surface area contributed by atoms with Crippen LogP contribution in [-0.4, -0.2) is 57.1 Å². The van der Waals surface area contributed by atoms with Gasteiger partial charge in [0.05, 0.1) is 12.0 Å². The lowest BCUT2D eigenvalue weighted by atomic mass is 9.51. The van der Waals surface area contributed by atoms with E-state index < -0.39 is 61.2 Å². The number of aliphatic hydroxyl groups excluding tert-OH is 1. The van der Waals surface area contributed by atoms with Gasteiger partial charge in [-0.1, -0.05) is 51.5 Å². The van der Waals surface area contributed by atoms with E-state index in [-0.39, 0.29) is 47.0 Å². The Kier molecular flexibility index (Phi) is 11.7. The number of Topliss-reactive ketones (excluding diaryl/α,β-unsaturated/α-hetero) is 1. The first kappa shape index (κ1) is 39.3. The summed E-state index contributed by atoms with van der Waals surface area (Å²) < 4.78 is 118. The molecule has 0 radical (unpaired) electrons. The molecule has 49 heavy (non-hydrogen) atoms. The Morgan fingerprint density at radius 3 is 2.12 bits per heavy atom. The number of hydrogen-bond acceptors (Lipinski definition) is 4. The predicted molar refractivity (Wildman–Crippen MR) is 161 cm³/mol. The van der Waals surface area contributed by atoms with Crippen LogP contribution in [0.4, 0.5) is 39.5 Å². The van der Waals surface area contributed by atoms with E-state index in [1.54, 1.807) is 12.1 Å². The SMILES string of the molecule is C[C@]12CC[C@@H]3c4ccc(O)cc4C(=O)[C@@H](CCCCCCCCC(CCCC(F)(F)C(F)(F)C(F)(F)C(F)(F)F)C(=O)O)[C@H]3[C@@H]1CC[C@@H]2O. The van der Waals surface area contributed by atoms with E-state index in [9.17, 15) is 64.4 Å². The molecule has 1 aromatic rings. The number of phenols is 1. The minimum Gasteiger partial charge on any atom is -0.508 e. The molecule has 4 rings (SSSR count). The Morgan fingerprint density at radius 2 is 1.49 bits per heavy atom. The number of phenolic OH excluding ortho intramolecular Hbond substituents is 1. The molecule has 2 fully saturated rings. The molecule has 5 nitrogen and oxygen atoms in total. The number of halogens is 9. The molecular weight excluding hydrogens is 671 g/mol. The summed E-state index contributed by atoms with van der Waals surface area (Å²) in [5.41, 5.74) is 1.30. The number of hydrogen-bond donors (Lipinski definition) is 3. The zero-order valence-electron chi connectivity index (χ0n) is 27.4. The highest BCUT2D eigenvalue weighted by atomic mass is 19.4. The quantitative estimate of drug-likeness (QED) is 0.117. The number of aromatic hydroxyl groups is 1. The zero-order chi connectivity index (χ0) is 36.6. The molecular formula is C35H45F9O5. The van der Waals surface area contributed by atoms with E-state index in [0.29, 0.717) is 37.7 Å². The summed E-state index contributed by atoms with van der Waals surface area (Å²) in [4.78, 5) is 25.4. The maximum absolute atomic E-state index is 13.8. The number of carbonyl (C=O) groups excluding carboxylic acids is 1. The molecule has 3 aliphatic carbocycles. The zero-order valence-corrected chi connectivity index (χ0v) is 27.4. The first-order chi connectivity index (χ1) is 22.7. The van der Waals surface area contributed by atoms with Crippen molar-refractivity contribution in [3.8, 4) is 5.75 Å². The molecule has 14 heteroatoms. The number of ketones is 1. The fraction of sp³-hybridized carbons (Fsp3) is 0.771. The molecule has 1 unspecified atom stereocenters. The minimum absolute atomic E-state index is 0.00604. The van der Waals surface area contributed by atoms with Gasteiger partial charge in [-0.15, -0.1) is 0 Å². The third-order valence-corrected chi connectivity index (χ3v) is 11.7. The van der Waals surface area contributed by atoms with E-state index in [1.807, 2.05) is 6.07 Å². The lowest BCUT2D eigenvalue weighted by molar-refractivity contribution is -0.396. The van der Waals surface area contributed by atoms with Crippen LogP contribution in [0.3, 0.4) is 0 Å². The second-order valence-corrected chi connectivity index (χ2v) is 14.6. The number of carboxylic acids is 1. The first-order valence-corrected chi connectivity index (χ1v) is 17.2. The largest absolute Gasteiger partial charge is 0.508 e. The van der Waals surface area contributed by atoms with Crippen LogP contribution >= 0.6 is 0 Å². The fourth-order valence-electron chi connectivity index (χ4n) is 8.86. The topological polar surface area (TPSA) is 94.8 Å². The normalized spacial score (nSPS) is 28.1. The van der Waals surface area contributed by atoms with Gasteiger partial charge >= 0.3 is 29.9 Å². The summed E-state index contributed by atoms with van der Waals surface area (Å²) in [7, 11) is 0. The van der Waals surface area contributed by atoms with Crippen molar-refractivity contribution in [3.63, 3.8) is 0 Å². The van der Waals surface area contributed by atoms with Crippen LogP contribution in [0.15, 0.2) is 18.2 Å². The Hall–Kier alpha value is -2.51. The molecule has 0 amide bonds. The molecule has 3 aliphatic rings. The van der Waals surface area contributed by atoms with Gasteiger partial charge in [-0.05, 0) is 92.2 Å². The molecule has 0 aliphatic heterocycles. The van der Waals surface area contributed by atoms with Crippen molar-refractivity contribution in [2.75, 3.05) is 0 Å². The molecule has 1 aromatic carbocycles. The standard InChI is InChI=1S/C35H45F9O5/c1-31-18-16-23-22-13-12-21(45)19-25(22)29(47)24(28(23)26(31)14-15-27(31)46)11-7-5-3-2-4-6-9-20(30(48)49)10-8-17-32(36,37)33(38,39)34(40,41)35(42,43)44/h12-13,19-20,23-24,26-28,45-46H,2-11,14-18H2,1H3,(H,48,49)/t20?,23-,24+,26+,27+,28+,31+/m1/s1. The Bertz CT molecular complexity index is 1330. The Balaban J connectivity index is 1.23. The van der Waals surface area contributed by atoms with Crippen LogP contribution in [0.5, 0.6) is 5.75 Å². The third kappa shape index (κ3) is 7.59. The highest BCUT2D eigenvalue weighted by molar-refractivity contribution is 6.01. The highest BCUT2D eigenvalue weighted by Gasteiger charge is 2.81. The number of benzene rings is 1. The van der Waals surface area contributed by atoms with Crippen LogP contribution < -0.4 is 0 Å². The maximum Gasteiger partial charge on any atom is 0.460 e. The molecule has 0 saturated heterocycles. The average molecular weight is 717 g/mol. The molecule has 0 bridgehead atoms. The summed E-state index contributed by atoms with van der Waals surface area (Å²) in [5, 5.41) is 30.3. The Morgan fingerprint density at radius 1 is 0.878 bits per heavy atom.